The maximum absolute atomic E-state index is 14.2. The van der Waals surface area contributed by atoms with Crippen molar-refractivity contribution < 1.29 is 17.6 Å². The van der Waals surface area contributed by atoms with Gasteiger partial charge in [0.15, 0.2) is 3.68 Å². The van der Waals surface area contributed by atoms with Crippen molar-refractivity contribution in [3.8, 4) is 0 Å². The van der Waals surface area contributed by atoms with Gasteiger partial charge in [-0.2, -0.15) is 5.10 Å². The van der Waals surface area contributed by atoms with E-state index in [1.54, 1.807) is 60.0 Å². The SMILES string of the molecule is Cn1nccc1C(=O)Nc1ccc(S(=O)(=O)Nc2cccc(C(C)(F)I)c2)c(I)c1. The molecule has 0 spiro atoms. The number of halogens is 3. The number of hydrogen-bond donors (Lipinski definition) is 2. The Bertz CT molecular complexity index is 1210. The molecule has 158 valence electrons. The van der Waals surface area contributed by atoms with Gasteiger partial charge in [-0.3, -0.25) is 14.2 Å². The number of benzene rings is 2. The van der Waals surface area contributed by atoms with Gasteiger partial charge in [-0.05, 0) is 88.5 Å². The topological polar surface area (TPSA) is 93.1 Å². The summed E-state index contributed by atoms with van der Waals surface area (Å²) < 4.78 is 42.6. The summed E-state index contributed by atoms with van der Waals surface area (Å²) in [5.74, 6) is -0.357. The van der Waals surface area contributed by atoms with Gasteiger partial charge < -0.3 is 5.32 Å². The van der Waals surface area contributed by atoms with Crippen molar-refractivity contribution in [2.45, 2.75) is 15.5 Å². The molecule has 7 nitrogen and oxygen atoms in total. The molecule has 30 heavy (non-hydrogen) atoms. The van der Waals surface area contributed by atoms with E-state index >= 15 is 0 Å². The molecule has 2 aromatic carbocycles. The molecule has 0 saturated carbocycles. The van der Waals surface area contributed by atoms with Crippen LogP contribution in [0.1, 0.15) is 23.0 Å². The van der Waals surface area contributed by atoms with Crippen LogP contribution in [0.5, 0.6) is 0 Å². The van der Waals surface area contributed by atoms with Crippen LogP contribution in [0, 0.1) is 3.57 Å². The molecule has 0 fully saturated rings. The fraction of sp³-hybridized carbons (Fsp3) is 0.158. The molecular formula is C19H17FI2N4O3S. The molecule has 0 bridgehead atoms. The third-order valence-corrected chi connectivity index (χ3v) is 7.48. The number of sulfonamides is 1. The molecular weight excluding hydrogens is 637 g/mol. The molecule has 0 saturated heterocycles. The highest BCUT2D eigenvalue weighted by Gasteiger charge is 2.23. The lowest BCUT2D eigenvalue weighted by atomic mass is 10.1. The number of hydrogen-bond acceptors (Lipinski definition) is 4. The Morgan fingerprint density at radius 1 is 1.17 bits per heavy atom. The highest BCUT2D eigenvalue weighted by atomic mass is 127. The first-order valence-corrected chi connectivity index (χ1v) is 12.2. The first-order chi connectivity index (χ1) is 14.0. The summed E-state index contributed by atoms with van der Waals surface area (Å²) in [6, 6.07) is 12.2. The van der Waals surface area contributed by atoms with Crippen LogP contribution in [-0.4, -0.2) is 24.1 Å². The van der Waals surface area contributed by atoms with Crippen LogP contribution >= 0.6 is 45.2 Å². The average Bonchev–Trinajstić information content (AvgIpc) is 3.07. The number of rotatable bonds is 6. The Labute approximate surface area is 200 Å². The number of nitrogens with zero attached hydrogens (tertiary/aromatic N) is 2. The highest BCUT2D eigenvalue weighted by molar-refractivity contribution is 14.1. The molecule has 0 aliphatic rings. The molecule has 0 aliphatic heterocycles. The van der Waals surface area contributed by atoms with Crippen molar-refractivity contribution in [1.82, 2.24) is 9.78 Å². The minimum absolute atomic E-state index is 0.0459. The summed E-state index contributed by atoms with van der Waals surface area (Å²) in [4.78, 5) is 12.4. The van der Waals surface area contributed by atoms with Gasteiger partial charge in [0, 0.05) is 33.8 Å². The van der Waals surface area contributed by atoms with Crippen molar-refractivity contribution in [2.75, 3.05) is 10.0 Å². The van der Waals surface area contributed by atoms with Crippen molar-refractivity contribution in [2.24, 2.45) is 7.05 Å². The lowest BCUT2D eigenvalue weighted by Crippen LogP contribution is -2.17. The van der Waals surface area contributed by atoms with Gasteiger partial charge in [0.2, 0.25) is 0 Å². The molecule has 1 heterocycles. The minimum atomic E-state index is -3.91. The van der Waals surface area contributed by atoms with E-state index in [-0.39, 0.29) is 16.5 Å². The standard InChI is InChI=1S/C19H17FI2N4O3S/c1-19(20,22)12-4-3-5-14(10-12)25-30(28,29)17-7-6-13(11-15(17)21)24-18(27)16-8-9-23-26(16)2/h3-11,25H,1-2H3,(H,24,27). The number of amides is 1. The van der Waals surface area contributed by atoms with E-state index in [9.17, 15) is 17.6 Å². The van der Waals surface area contributed by atoms with E-state index < -0.39 is 13.7 Å². The number of carbonyl (C=O) groups is 1. The van der Waals surface area contributed by atoms with Gasteiger partial charge in [0.25, 0.3) is 15.9 Å². The van der Waals surface area contributed by atoms with Crippen molar-refractivity contribution >= 4 is 72.5 Å². The van der Waals surface area contributed by atoms with Gasteiger partial charge in [-0.15, -0.1) is 0 Å². The minimum Gasteiger partial charge on any atom is -0.321 e. The zero-order valence-corrected chi connectivity index (χ0v) is 21.0. The predicted molar refractivity (Wildman–Crippen MR) is 130 cm³/mol. The summed E-state index contributed by atoms with van der Waals surface area (Å²) in [6.07, 6.45) is 1.51. The van der Waals surface area contributed by atoms with Crippen molar-refractivity contribution in [3.63, 3.8) is 0 Å². The fourth-order valence-corrected chi connectivity index (χ4v) is 5.48. The monoisotopic (exact) mass is 654 g/mol. The summed E-state index contributed by atoms with van der Waals surface area (Å²) in [6.45, 7) is 1.39. The van der Waals surface area contributed by atoms with E-state index in [0.29, 0.717) is 20.5 Å². The molecule has 1 aromatic heterocycles. The average molecular weight is 654 g/mol. The molecule has 3 aromatic rings. The van der Waals surface area contributed by atoms with E-state index in [4.69, 9.17) is 0 Å². The highest BCUT2D eigenvalue weighted by Crippen LogP contribution is 2.34. The lowest BCUT2D eigenvalue weighted by molar-refractivity contribution is 0.101. The normalized spacial score (nSPS) is 13.5. The first kappa shape index (κ1) is 22.9. The van der Waals surface area contributed by atoms with Crippen LogP contribution in [0.2, 0.25) is 0 Å². The summed E-state index contributed by atoms with van der Waals surface area (Å²) in [5, 5.41) is 6.66. The van der Waals surface area contributed by atoms with E-state index in [1.165, 1.54) is 36.0 Å². The second-order valence-electron chi connectivity index (χ2n) is 6.51. The molecule has 0 radical (unpaired) electrons. The maximum atomic E-state index is 14.2. The first-order valence-electron chi connectivity index (χ1n) is 8.57. The van der Waals surface area contributed by atoms with Crippen LogP contribution in [0.15, 0.2) is 59.6 Å². The Morgan fingerprint density at radius 3 is 2.50 bits per heavy atom. The second kappa shape index (κ2) is 8.78. The third-order valence-electron chi connectivity index (χ3n) is 4.15. The smallest absolute Gasteiger partial charge is 0.273 e. The van der Waals surface area contributed by atoms with E-state index in [0.717, 1.165) is 0 Å². The Morgan fingerprint density at radius 2 is 1.90 bits per heavy atom. The van der Waals surface area contributed by atoms with Gasteiger partial charge >= 0.3 is 0 Å². The third kappa shape index (κ3) is 5.29. The Hall–Kier alpha value is -1.74. The summed E-state index contributed by atoms with van der Waals surface area (Å²) >= 11 is 3.54. The van der Waals surface area contributed by atoms with E-state index in [1.807, 2.05) is 22.6 Å². The Balaban J connectivity index is 1.82. The molecule has 1 atom stereocenters. The fourth-order valence-electron chi connectivity index (χ4n) is 2.65. The number of alkyl halides is 2. The molecule has 0 aliphatic carbocycles. The Kier molecular flexibility index (Phi) is 6.72. The van der Waals surface area contributed by atoms with Crippen LogP contribution < -0.4 is 10.0 Å². The van der Waals surface area contributed by atoms with Crippen molar-refractivity contribution in [1.29, 1.82) is 0 Å². The van der Waals surface area contributed by atoms with Crippen LogP contribution in [0.25, 0.3) is 0 Å². The molecule has 1 unspecified atom stereocenters. The van der Waals surface area contributed by atoms with Gasteiger partial charge in [0.05, 0.1) is 0 Å². The van der Waals surface area contributed by atoms with Gasteiger partial charge in [-0.1, -0.05) is 12.1 Å². The van der Waals surface area contributed by atoms with Gasteiger partial charge in [-0.25, -0.2) is 12.8 Å². The number of carbonyl (C=O) groups excluding carboxylic acids is 1. The largest absolute Gasteiger partial charge is 0.321 e. The number of aryl methyl sites for hydroxylation is 1. The zero-order chi connectivity index (χ0) is 22.1. The quantitative estimate of drug-likeness (QED) is 0.299. The van der Waals surface area contributed by atoms with E-state index in [2.05, 4.69) is 15.1 Å². The van der Waals surface area contributed by atoms with Crippen molar-refractivity contribution in [3.05, 3.63) is 69.6 Å². The number of nitrogens with one attached hydrogen (secondary N) is 2. The van der Waals surface area contributed by atoms with Crippen LogP contribution in [0.4, 0.5) is 15.8 Å². The second-order valence-corrected chi connectivity index (χ2v) is 11.4. The molecule has 11 heteroatoms. The number of aromatic nitrogens is 2. The maximum Gasteiger partial charge on any atom is 0.273 e. The van der Waals surface area contributed by atoms with Gasteiger partial charge in [0.1, 0.15) is 10.6 Å². The molecule has 3 rings (SSSR count). The molecule has 1 amide bonds. The summed E-state index contributed by atoms with van der Waals surface area (Å²) in [5.41, 5.74) is 1.44. The predicted octanol–water partition coefficient (Wildman–Crippen LogP) is 4.66. The number of anilines is 2. The van der Waals surface area contributed by atoms with Crippen LogP contribution in [0.3, 0.4) is 0 Å². The lowest BCUT2D eigenvalue weighted by Gasteiger charge is -2.15. The van der Waals surface area contributed by atoms with Crippen LogP contribution in [-0.2, 0) is 20.7 Å². The summed E-state index contributed by atoms with van der Waals surface area (Å²) in [7, 11) is -2.26. The zero-order valence-electron chi connectivity index (χ0n) is 15.9. The molecule has 2 N–H and O–H groups in total.